The van der Waals surface area contributed by atoms with Crippen molar-refractivity contribution in [1.82, 2.24) is 19.4 Å². The second-order valence-corrected chi connectivity index (χ2v) is 7.94. The summed E-state index contributed by atoms with van der Waals surface area (Å²) in [6.07, 6.45) is 3.72. The molecule has 0 radical (unpaired) electrons. The molecule has 0 fully saturated rings. The van der Waals surface area contributed by atoms with Gasteiger partial charge in [-0.25, -0.2) is 9.37 Å². The van der Waals surface area contributed by atoms with Crippen LogP contribution in [0.25, 0.3) is 0 Å². The summed E-state index contributed by atoms with van der Waals surface area (Å²) in [6, 6.07) is 12.1. The summed E-state index contributed by atoms with van der Waals surface area (Å²) < 4.78 is 15.4. The third-order valence-corrected chi connectivity index (χ3v) is 5.17. The number of aryl methyl sites for hydroxylation is 2. The molecule has 6 heteroatoms. The normalized spacial score (nSPS) is 11.1. The van der Waals surface area contributed by atoms with Crippen LogP contribution >= 0.6 is 0 Å². The summed E-state index contributed by atoms with van der Waals surface area (Å²) in [5.41, 5.74) is 4.16. The van der Waals surface area contributed by atoms with E-state index in [2.05, 4.69) is 41.6 Å². The van der Waals surface area contributed by atoms with Gasteiger partial charge in [-0.1, -0.05) is 23.8 Å². The summed E-state index contributed by atoms with van der Waals surface area (Å²) in [6.45, 7) is 6.57. The molecule has 0 saturated carbocycles. The minimum absolute atomic E-state index is 0.127. The zero-order valence-corrected chi connectivity index (χ0v) is 18.1. The minimum Gasteiger partial charge on any atom is -0.330 e. The van der Waals surface area contributed by atoms with Gasteiger partial charge in [0.25, 0.3) is 5.91 Å². The fraction of sp³-hybridized carbons (Fsp3) is 0.333. The monoisotopic (exact) mass is 408 g/mol. The summed E-state index contributed by atoms with van der Waals surface area (Å²) in [7, 11) is 3.95. The number of likely N-dealkylation sites (N-methyl/N-ethyl adjacent to an activating group) is 1. The molecule has 1 aromatic heterocycles. The van der Waals surface area contributed by atoms with Crippen molar-refractivity contribution < 1.29 is 9.18 Å². The summed E-state index contributed by atoms with van der Waals surface area (Å²) in [4.78, 5) is 21.4. The standard InChI is InChI=1S/C24H29FN4O/c1-18-5-6-19(2)21(15-18)16-28-12-11-26-23(28)17-29(14-13-27(3)4)24(30)20-7-9-22(25)10-8-20/h5-12,15H,13-14,16-17H2,1-4H3. The summed E-state index contributed by atoms with van der Waals surface area (Å²) in [5, 5.41) is 0. The number of carbonyl (C=O) groups excluding carboxylic acids is 1. The molecule has 0 N–H and O–H groups in total. The number of amides is 1. The Morgan fingerprint density at radius 1 is 1.07 bits per heavy atom. The maximum absolute atomic E-state index is 13.3. The van der Waals surface area contributed by atoms with E-state index >= 15 is 0 Å². The van der Waals surface area contributed by atoms with Crippen LogP contribution in [0.2, 0.25) is 0 Å². The molecule has 1 amide bonds. The number of aromatic nitrogens is 2. The number of hydrogen-bond acceptors (Lipinski definition) is 3. The molecule has 5 nitrogen and oxygen atoms in total. The smallest absolute Gasteiger partial charge is 0.254 e. The fourth-order valence-corrected chi connectivity index (χ4v) is 3.31. The molecule has 0 spiro atoms. The lowest BCUT2D eigenvalue weighted by Gasteiger charge is -2.25. The molecule has 0 atom stereocenters. The van der Waals surface area contributed by atoms with Crippen molar-refractivity contribution in [3.8, 4) is 0 Å². The largest absolute Gasteiger partial charge is 0.330 e. The molecular weight excluding hydrogens is 379 g/mol. The van der Waals surface area contributed by atoms with E-state index in [-0.39, 0.29) is 11.7 Å². The lowest BCUT2D eigenvalue weighted by molar-refractivity contribution is 0.0726. The molecule has 0 bridgehead atoms. The molecule has 3 aromatic rings. The van der Waals surface area contributed by atoms with E-state index in [1.54, 1.807) is 11.1 Å². The number of halogens is 1. The second kappa shape index (κ2) is 9.67. The number of nitrogens with zero attached hydrogens (tertiary/aromatic N) is 4. The van der Waals surface area contributed by atoms with E-state index in [9.17, 15) is 9.18 Å². The molecular formula is C24H29FN4O. The Labute approximate surface area is 177 Å². The van der Waals surface area contributed by atoms with Gasteiger partial charge < -0.3 is 14.4 Å². The Balaban J connectivity index is 1.82. The van der Waals surface area contributed by atoms with Gasteiger partial charge >= 0.3 is 0 Å². The van der Waals surface area contributed by atoms with Gasteiger partial charge in [-0.05, 0) is 63.3 Å². The first-order chi connectivity index (χ1) is 14.3. The maximum Gasteiger partial charge on any atom is 0.254 e. The Kier molecular flexibility index (Phi) is 7.00. The van der Waals surface area contributed by atoms with Crippen molar-refractivity contribution in [3.63, 3.8) is 0 Å². The third kappa shape index (κ3) is 5.54. The molecule has 1 heterocycles. The van der Waals surface area contributed by atoms with E-state index < -0.39 is 0 Å². The van der Waals surface area contributed by atoms with Crippen molar-refractivity contribution >= 4 is 5.91 Å². The Morgan fingerprint density at radius 2 is 1.80 bits per heavy atom. The van der Waals surface area contributed by atoms with Gasteiger partial charge in [-0.3, -0.25) is 4.79 Å². The summed E-state index contributed by atoms with van der Waals surface area (Å²) >= 11 is 0. The number of imidazole rings is 1. The van der Waals surface area contributed by atoms with E-state index in [1.807, 2.05) is 25.2 Å². The van der Waals surface area contributed by atoms with Crippen molar-refractivity contribution in [1.29, 1.82) is 0 Å². The maximum atomic E-state index is 13.3. The Bertz CT molecular complexity index is 995. The predicted octanol–water partition coefficient (Wildman–Crippen LogP) is 3.89. The number of rotatable bonds is 8. The van der Waals surface area contributed by atoms with Crippen molar-refractivity contribution in [2.75, 3.05) is 27.2 Å². The van der Waals surface area contributed by atoms with E-state index in [0.717, 1.165) is 12.4 Å². The third-order valence-electron chi connectivity index (χ3n) is 5.17. The average molecular weight is 409 g/mol. The second-order valence-electron chi connectivity index (χ2n) is 7.94. The molecule has 0 aliphatic heterocycles. The molecule has 30 heavy (non-hydrogen) atoms. The van der Waals surface area contributed by atoms with Gasteiger partial charge in [0.2, 0.25) is 0 Å². The van der Waals surface area contributed by atoms with E-state index in [1.165, 1.54) is 41.0 Å². The molecule has 0 aliphatic carbocycles. The van der Waals surface area contributed by atoms with Gasteiger partial charge in [-0.15, -0.1) is 0 Å². The Hall–Kier alpha value is -2.99. The predicted molar refractivity (Wildman–Crippen MR) is 117 cm³/mol. The first kappa shape index (κ1) is 21.7. The molecule has 2 aromatic carbocycles. The molecule has 0 aliphatic rings. The van der Waals surface area contributed by atoms with Crippen LogP contribution < -0.4 is 0 Å². The minimum atomic E-state index is -0.351. The Morgan fingerprint density at radius 3 is 2.50 bits per heavy atom. The molecule has 0 saturated heterocycles. The highest BCUT2D eigenvalue weighted by atomic mass is 19.1. The van der Waals surface area contributed by atoms with Crippen LogP contribution in [0.15, 0.2) is 54.9 Å². The van der Waals surface area contributed by atoms with Gasteiger partial charge in [-0.2, -0.15) is 0 Å². The first-order valence-electron chi connectivity index (χ1n) is 10.1. The quantitative estimate of drug-likeness (QED) is 0.568. The van der Waals surface area contributed by atoms with Gasteiger partial charge in [0.15, 0.2) is 0 Å². The van der Waals surface area contributed by atoms with Crippen LogP contribution in [0, 0.1) is 19.7 Å². The summed E-state index contributed by atoms with van der Waals surface area (Å²) in [5.74, 6) is 0.346. The number of hydrogen-bond donors (Lipinski definition) is 0. The molecule has 3 rings (SSSR count). The van der Waals surface area contributed by atoms with E-state index in [0.29, 0.717) is 25.2 Å². The van der Waals surface area contributed by atoms with Crippen LogP contribution in [0.1, 0.15) is 32.9 Å². The lowest BCUT2D eigenvalue weighted by Crippen LogP contribution is -2.37. The van der Waals surface area contributed by atoms with Gasteiger partial charge in [0, 0.05) is 37.6 Å². The molecule has 158 valence electrons. The van der Waals surface area contributed by atoms with Crippen molar-refractivity contribution in [2.45, 2.75) is 26.9 Å². The highest BCUT2D eigenvalue weighted by molar-refractivity contribution is 5.94. The van der Waals surface area contributed by atoms with Gasteiger partial charge in [0.05, 0.1) is 6.54 Å². The van der Waals surface area contributed by atoms with Crippen LogP contribution in [0.5, 0.6) is 0 Å². The number of benzene rings is 2. The SMILES string of the molecule is Cc1ccc(C)c(Cn2ccnc2CN(CCN(C)C)C(=O)c2ccc(F)cc2)c1. The van der Waals surface area contributed by atoms with Crippen LogP contribution in [0.4, 0.5) is 4.39 Å². The average Bonchev–Trinajstić information content (AvgIpc) is 3.14. The first-order valence-corrected chi connectivity index (χ1v) is 10.1. The highest BCUT2D eigenvalue weighted by Gasteiger charge is 2.19. The zero-order chi connectivity index (χ0) is 21.7. The van der Waals surface area contributed by atoms with E-state index in [4.69, 9.17) is 0 Å². The van der Waals surface area contributed by atoms with Crippen molar-refractivity contribution in [2.24, 2.45) is 0 Å². The van der Waals surface area contributed by atoms with Crippen molar-refractivity contribution in [3.05, 3.63) is 88.8 Å². The molecule has 0 unspecified atom stereocenters. The highest BCUT2D eigenvalue weighted by Crippen LogP contribution is 2.15. The van der Waals surface area contributed by atoms with Crippen LogP contribution in [-0.2, 0) is 13.1 Å². The number of carbonyl (C=O) groups is 1. The van der Waals surface area contributed by atoms with Crippen LogP contribution in [-0.4, -0.2) is 52.4 Å². The topological polar surface area (TPSA) is 41.4 Å². The fourth-order valence-electron chi connectivity index (χ4n) is 3.31. The zero-order valence-electron chi connectivity index (χ0n) is 18.1. The van der Waals surface area contributed by atoms with Crippen LogP contribution in [0.3, 0.4) is 0 Å². The van der Waals surface area contributed by atoms with Gasteiger partial charge in [0.1, 0.15) is 11.6 Å². The lowest BCUT2D eigenvalue weighted by atomic mass is 10.1.